The average molecular weight is 615 g/mol. The fourth-order valence-electron chi connectivity index (χ4n) is 6.99. The zero-order chi connectivity index (χ0) is 32.0. The topological polar surface area (TPSA) is 38.9 Å². The first-order chi connectivity index (χ1) is 23.7. The summed E-state index contributed by atoms with van der Waals surface area (Å²) >= 11 is 0. The molecule has 0 fully saturated rings. The van der Waals surface area contributed by atoms with Crippen LogP contribution in [0.3, 0.4) is 0 Å². The van der Waals surface area contributed by atoms with Crippen LogP contribution < -0.4 is 0 Å². The molecule has 2 aromatic heterocycles. The first kappa shape index (κ1) is 27.9. The molecule has 9 rings (SSSR count). The molecule has 3 nitrogen and oxygen atoms in total. The molecule has 0 aliphatic rings. The van der Waals surface area contributed by atoms with Gasteiger partial charge in [-0.25, -0.2) is 9.97 Å². The summed E-state index contributed by atoms with van der Waals surface area (Å²) in [6.45, 7) is 1.88. The van der Waals surface area contributed by atoms with Gasteiger partial charge in [0, 0.05) is 17.9 Å². The van der Waals surface area contributed by atoms with E-state index in [1.165, 1.54) is 33.0 Å². The van der Waals surface area contributed by atoms with E-state index in [1.807, 2.05) is 13.0 Å². The van der Waals surface area contributed by atoms with E-state index in [9.17, 15) is 0 Å². The van der Waals surface area contributed by atoms with E-state index in [0.717, 1.165) is 55.5 Å². The van der Waals surface area contributed by atoms with Gasteiger partial charge in [0.2, 0.25) is 0 Å². The molecule has 9 aromatic rings. The molecule has 0 N–H and O–H groups in total. The molecule has 0 amide bonds. The SMILES string of the molecule is Cc1nc2cc(-c3cccc(-c4ccc5ccccc5c4-c4ccccc4-c4cc(-c5ccccc5)c5ccccc5n4)c3)ccc2o1. The summed E-state index contributed by atoms with van der Waals surface area (Å²) in [5.41, 5.74) is 14.0. The van der Waals surface area contributed by atoms with Gasteiger partial charge < -0.3 is 4.42 Å². The van der Waals surface area contributed by atoms with Gasteiger partial charge >= 0.3 is 0 Å². The van der Waals surface area contributed by atoms with Crippen molar-refractivity contribution < 1.29 is 4.42 Å². The maximum absolute atomic E-state index is 5.74. The van der Waals surface area contributed by atoms with Crippen LogP contribution in [0.15, 0.2) is 168 Å². The van der Waals surface area contributed by atoms with Crippen LogP contribution in [0.4, 0.5) is 0 Å². The maximum atomic E-state index is 5.74. The van der Waals surface area contributed by atoms with E-state index in [-0.39, 0.29) is 0 Å². The predicted molar refractivity (Wildman–Crippen MR) is 199 cm³/mol. The normalized spacial score (nSPS) is 11.4. The number of pyridine rings is 1. The van der Waals surface area contributed by atoms with Crippen molar-refractivity contribution >= 4 is 32.8 Å². The third-order valence-corrected chi connectivity index (χ3v) is 9.20. The molecule has 0 atom stereocenters. The van der Waals surface area contributed by atoms with E-state index >= 15 is 0 Å². The van der Waals surface area contributed by atoms with Crippen molar-refractivity contribution in [2.45, 2.75) is 6.92 Å². The van der Waals surface area contributed by atoms with Crippen LogP contribution in [0.25, 0.3) is 88.5 Å². The molecule has 0 saturated heterocycles. The van der Waals surface area contributed by atoms with Crippen molar-refractivity contribution in [1.82, 2.24) is 9.97 Å². The van der Waals surface area contributed by atoms with Gasteiger partial charge in [-0.3, -0.25) is 0 Å². The maximum Gasteiger partial charge on any atom is 0.192 e. The lowest BCUT2D eigenvalue weighted by Gasteiger charge is -2.18. The highest BCUT2D eigenvalue weighted by molar-refractivity contribution is 6.08. The molecule has 2 heterocycles. The first-order valence-corrected chi connectivity index (χ1v) is 16.2. The van der Waals surface area contributed by atoms with Crippen molar-refractivity contribution in [3.63, 3.8) is 0 Å². The van der Waals surface area contributed by atoms with E-state index in [1.54, 1.807) is 0 Å². The lowest BCUT2D eigenvalue weighted by atomic mass is 9.86. The molecule has 0 unspecified atom stereocenters. The Bertz CT molecular complexity index is 2630. The van der Waals surface area contributed by atoms with Crippen molar-refractivity contribution in [3.05, 3.63) is 170 Å². The minimum absolute atomic E-state index is 0.673. The van der Waals surface area contributed by atoms with Crippen LogP contribution >= 0.6 is 0 Å². The number of oxazole rings is 1. The molecule has 0 bridgehead atoms. The van der Waals surface area contributed by atoms with Crippen molar-refractivity contribution in [2.75, 3.05) is 0 Å². The Labute approximate surface area is 278 Å². The fourth-order valence-corrected chi connectivity index (χ4v) is 6.99. The van der Waals surface area contributed by atoms with Gasteiger partial charge in [-0.2, -0.15) is 0 Å². The lowest BCUT2D eigenvalue weighted by molar-refractivity contribution is 0.561. The minimum atomic E-state index is 0.673. The Kier molecular flexibility index (Phi) is 6.69. The summed E-state index contributed by atoms with van der Waals surface area (Å²) in [7, 11) is 0. The minimum Gasteiger partial charge on any atom is -0.441 e. The molecule has 3 heteroatoms. The molecule has 0 aliphatic carbocycles. The summed E-state index contributed by atoms with van der Waals surface area (Å²) in [5, 5.41) is 3.55. The molecular weight excluding hydrogens is 585 g/mol. The predicted octanol–water partition coefficient (Wildman–Crippen LogP) is 12.2. The van der Waals surface area contributed by atoms with Gasteiger partial charge in [0.1, 0.15) is 5.52 Å². The number of fused-ring (bicyclic) bond motifs is 3. The van der Waals surface area contributed by atoms with Gasteiger partial charge in [0.15, 0.2) is 11.5 Å². The van der Waals surface area contributed by atoms with E-state index < -0.39 is 0 Å². The van der Waals surface area contributed by atoms with Crippen LogP contribution in [-0.4, -0.2) is 9.97 Å². The van der Waals surface area contributed by atoms with Gasteiger partial charge in [-0.1, -0.05) is 133 Å². The van der Waals surface area contributed by atoms with Crippen LogP contribution in [0, 0.1) is 6.92 Å². The highest BCUT2D eigenvalue weighted by Crippen LogP contribution is 2.44. The average Bonchev–Trinajstić information content (AvgIpc) is 3.53. The summed E-state index contributed by atoms with van der Waals surface area (Å²) in [6, 6.07) is 58.2. The fraction of sp³-hybridized carbons (Fsp3) is 0.0222. The number of nitrogens with zero attached hydrogens (tertiary/aromatic N) is 2. The van der Waals surface area contributed by atoms with Gasteiger partial charge in [-0.15, -0.1) is 0 Å². The highest BCUT2D eigenvalue weighted by Gasteiger charge is 2.18. The van der Waals surface area contributed by atoms with E-state index in [2.05, 4.69) is 163 Å². The number of rotatable bonds is 5. The second-order valence-electron chi connectivity index (χ2n) is 12.2. The van der Waals surface area contributed by atoms with Gasteiger partial charge in [0.25, 0.3) is 0 Å². The summed E-state index contributed by atoms with van der Waals surface area (Å²) < 4.78 is 5.74. The Balaban J connectivity index is 1.27. The summed E-state index contributed by atoms with van der Waals surface area (Å²) in [4.78, 5) is 9.85. The Morgan fingerprint density at radius 1 is 0.417 bits per heavy atom. The number of aryl methyl sites for hydroxylation is 1. The molecule has 0 saturated carbocycles. The van der Waals surface area contributed by atoms with E-state index in [4.69, 9.17) is 9.40 Å². The third-order valence-electron chi connectivity index (χ3n) is 9.20. The zero-order valence-electron chi connectivity index (χ0n) is 26.4. The van der Waals surface area contributed by atoms with Crippen LogP contribution in [0.1, 0.15) is 5.89 Å². The molecular formula is C45H30N2O. The van der Waals surface area contributed by atoms with Gasteiger partial charge in [-0.05, 0) is 85.6 Å². The van der Waals surface area contributed by atoms with Crippen molar-refractivity contribution in [2.24, 2.45) is 0 Å². The Morgan fingerprint density at radius 2 is 1.12 bits per heavy atom. The molecule has 0 spiro atoms. The smallest absolute Gasteiger partial charge is 0.192 e. The van der Waals surface area contributed by atoms with Crippen molar-refractivity contribution in [1.29, 1.82) is 0 Å². The Hall–Kier alpha value is -6.32. The number of benzene rings is 7. The summed E-state index contributed by atoms with van der Waals surface area (Å²) in [5.74, 6) is 0.673. The number of para-hydroxylation sites is 1. The monoisotopic (exact) mass is 614 g/mol. The lowest BCUT2D eigenvalue weighted by Crippen LogP contribution is -1.94. The van der Waals surface area contributed by atoms with Crippen LogP contribution in [0.5, 0.6) is 0 Å². The molecule has 0 radical (unpaired) electrons. The zero-order valence-corrected chi connectivity index (χ0v) is 26.4. The largest absolute Gasteiger partial charge is 0.441 e. The second kappa shape index (κ2) is 11.5. The quantitative estimate of drug-likeness (QED) is 0.194. The first-order valence-electron chi connectivity index (χ1n) is 16.2. The number of hydrogen-bond acceptors (Lipinski definition) is 3. The third kappa shape index (κ3) is 4.85. The highest BCUT2D eigenvalue weighted by atomic mass is 16.3. The number of aromatic nitrogens is 2. The molecule has 48 heavy (non-hydrogen) atoms. The van der Waals surface area contributed by atoms with Crippen LogP contribution in [0.2, 0.25) is 0 Å². The van der Waals surface area contributed by atoms with Crippen LogP contribution in [-0.2, 0) is 0 Å². The Morgan fingerprint density at radius 3 is 2.02 bits per heavy atom. The molecule has 0 aliphatic heterocycles. The number of hydrogen-bond donors (Lipinski definition) is 0. The van der Waals surface area contributed by atoms with E-state index in [0.29, 0.717) is 5.89 Å². The molecule has 7 aromatic carbocycles. The standard InChI is InChI=1S/C45H30N2O/c1-29-46-43-27-33(23-25-44(43)48-29)32-15-11-16-34(26-32)36-24-22-31-14-5-6-17-35(31)45(36)39-20-8-7-18-37(39)42-28-40(30-12-3-2-4-13-30)38-19-9-10-21-41(38)47-42/h2-28H,1H3. The molecule has 226 valence electrons. The van der Waals surface area contributed by atoms with Gasteiger partial charge in [0.05, 0.1) is 11.2 Å². The van der Waals surface area contributed by atoms with Crippen molar-refractivity contribution in [3.8, 4) is 55.8 Å². The summed E-state index contributed by atoms with van der Waals surface area (Å²) in [6.07, 6.45) is 0. The second-order valence-corrected chi connectivity index (χ2v) is 12.2.